The fourth-order valence-electron chi connectivity index (χ4n) is 5.09. The molecule has 5 aromatic rings. The third-order valence-corrected chi connectivity index (χ3v) is 8.40. The molecule has 2 aromatic carbocycles. The van der Waals surface area contributed by atoms with Gasteiger partial charge in [0, 0.05) is 23.8 Å². The number of nitrogens with one attached hydrogen (secondary N) is 2. The topological polar surface area (TPSA) is 128 Å². The maximum Gasteiger partial charge on any atom is 0.413 e. The van der Waals surface area contributed by atoms with Crippen LogP contribution in [0.4, 0.5) is 24.5 Å². The lowest BCUT2D eigenvalue weighted by molar-refractivity contribution is -0.182. The third kappa shape index (κ3) is 5.10. The Balaban J connectivity index is 1.50. The van der Waals surface area contributed by atoms with Gasteiger partial charge in [-0.1, -0.05) is 38.1 Å². The molecule has 43 heavy (non-hydrogen) atoms. The van der Waals surface area contributed by atoms with Crippen molar-refractivity contribution in [1.82, 2.24) is 25.0 Å². The summed E-state index contributed by atoms with van der Waals surface area (Å²) < 4.78 is 43.5. The smallest absolute Gasteiger partial charge is 0.383 e. The fourth-order valence-corrected chi connectivity index (χ4v) is 5.93. The van der Waals surface area contributed by atoms with E-state index >= 15 is 0 Å². The van der Waals surface area contributed by atoms with E-state index in [0.29, 0.717) is 34.4 Å². The normalized spacial score (nSPS) is 15.2. The number of halogens is 3. The summed E-state index contributed by atoms with van der Waals surface area (Å²) in [6.07, 6.45) is -1.79. The minimum Gasteiger partial charge on any atom is -0.383 e. The van der Waals surface area contributed by atoms with Crippen molar-refractivity contribution in [2.75, 3.05) is 17.2 Å². The van der Waals surface area contributed by atoms with Crippen molar-refractivity contribution in [2.24, 2.45) is 5.41 Å². The zero-order chi connectivity index (χ0) is 30.6. The number of alkyl halides is 3. The molecular formula is C30H26F3N9S. The van der Waals surface area contributed by atoms with Crippen molar-refractivity contribution in [1.29, 1.82) is 10.5 Å². The second kappa shape index (κ2) is 10.2. The lowest BCUT2D eigenvalue weighted by Crippen LogP contribution is -2.35. The number of nitriles is 2. The Morgan fingerprint density at radius 1 is 1.09 bits per heavy atom. The van der Waals surface area contributed by atoms with Gasteiger partial charge in [0.15, 0.2) is 5.54 Å². The maximum atomic E-state index is 13.9. The van der Waals surface area contributed by atoms with Crippen molar-refractivity contribution in [3.05, 3.63) is 70.6 Å². The molecule has 1 aliphatic rings. The van der Waals surface area contributed by atoms with Crippen LogP contribution in [0.5, 0.6) is 0 Å². The summed E-state index contributed by atoms with van der Waals surface area (Å²) in [7, 11) is 0. The first-order valence-electron chi connectivity index (χ1n) is 13.5. The highest BCUT2D eigenvalue weighted by Gasteiger charge is 2.66. The van der Waals surface area contributed by atoms with Crippen molar-refractivity contribution >= 4 is 43.8 Å². The van der Waals surface area contributed by atoms with Crippen LogP contribution < -0.4 is 10.6 Å². The predicted octanol–water partition coefficient (Wildman–Crippen LogP) is 6.89. The molecular weight excluding hydrogens is 575 g/mol. The SMILES string of the molecule is CC(C)(C)CNc1c(C#N)cnc2c(C#N)cc(N[C@H](c3cn(C4(C(F)(F)F)CC4)nn3)c3cccc4ncsc34)cc12. The van der Waals surface area contributed by atoms with Gasteiger partial charge >= 0.3 is 6.18 Å². The molecule has 1 atom stereocenters. The lowest BCUT2D eigenvalue weighted by Gasteiger charge is -2.22. The molecule has 3 aromatic heterocycles. The Morgan fingerprint density at radius 3 is 2.53 bits per heavy atom. The van der Waals surface area contributed by atoms with Gasteiger partial charge in [0.1, 0.15) is 17.8 Å². The average Bonchev–Trinajstić information content (AvgIpc) is 3.41. The maximum absolute atomic E-state index is 13.9. The summed E-state index contributed by atoms with van der Waals surface area (Å²) in [5, 5.41) is 35.4. The number of pyridine rings is 1. The molecule has 9 nitrogen and oxygen atoms in total. The highest BCUT2D eigenvalue weighted by Crippen LogP contribution is 2.55. The number of anilines is 2. The number of benzene rings is 2. The van der Waals surface area contributed by atoms with Crippen LogP contribution in [-0.2, 0) is 5.54 Å². The van der Waals surface area contributed by atoms with E-state index in [4.69, 9.17) is 0 Å². The summed E-state index contributed by atoms with van der Waals surface area (Å²) in [5.41, 5.74) is 3.40. The Morgan fingerprint density at radius 2 is 1.86 bits per heavy atom. The molecule has 0 amide bonds. The van der Waals surface area contributed by atoms with Crippen molar-refractivity contribution < 1.29 is 13.2 Å². The van der Waals surface area contributed by atoms with Crippen molar-refractivity contribution in [3.63, 3.8) is 0 Å². The van der Waals surface area contributed by atoms with Gasteiger partial charge in [0.05, 0.1) is 50.3 Å². The van der Waals surface area contributed by atoms with Gasteiger partial charge in [-0.25, -0.2) is 9.67 Å². The highest BCUT2D eigenvalue weighted by atomic mass is 32.1. The molecule has 0 bridgehead atoms. The minimum absolute atomic E-state index is 0.0589. The molecule has 0 aliphatic heterocycles. The summed E-state index contributed by atoms with van der Waals surface area (Å²) >= 11 is 1.41. The Bertz CT molecular complexity index is 1940. The van der Waals surface area contributed by atoms with Gasteiger partial charge < -0.3 is 10.6 Å². The van der Waals surface area contributed by atoms with Crippen LogP contribution in [0, 0.1) is 28.1 Å². The molecule has 0 radical (unpaired) electrons. The second-order valence-electron chi connectivity index (χ2n) is 11.8. The standard InChI is InChI=1S/C30H26F3N9S/c1-28(2,3)15-37-25-18(12-35)13-36-24-17(11-34)9-19(10-21(24)25)39-26(20-5-4-6-22-27(20)43-16-38-22)23-14-42(41-40-23)29(7-8-29)30(31,32)33/h4-6,9-10,13-14,16,26,39H,7-8,15H2,1-3H3,(H,36,37)/t26-/m0/s1. The fraction of sp³-hybridized carbons (Fsp3) is 0.333. The van der Waals surface area contributed by atoms with E-state index in [1.165, 1.54) is 23.7 Å². The highest BCUT2D eigenvalue weighted by molar-refractivity contribution is 7.17. The van der Waals surface area contributed by atoms with Gasteiger partial charge in [-0.15, -0.1) is 16.4 Å². The van der Waals surface area contributed by atoms with E-state index in [2.05, 4.69) is 63.8 Å². The minimum atomic E-state index is -4.46. The molecule has 1 fully saturated rings. The first-order chi connectivity index (χ1) is 20.4. The molecule has 0 spiro atoms. The zero-order valence-corrected chi connectivity index (χ0v) is 24.3. The van der Waals surface area contributed by atoms with E-state index in [0.717, 1.165) is 20.5 Å². The molecule has 6 rings (SSSR count). The van der Waals surface area contributed by atoms with Gasteiger partial charge in [0.25, 0.3) is 0 Å². The average molecular weight is 602 g/mol. The second-order valence-corrected chi connectivity index (χ2v) is 12.7. The van der Waals surface area contributed by atoms with Crippen LogP contribution in [0.1, 0.15) is 62.0 Å². The first-order valence-corrected chi connectivity index (χ1v) is 14.4. The van der Waals surface area contributed by atoms with Crippen molar-refractivity contribution in [2.45, 2.75) is 51.4 Å². The van der Waals surface area contributed by atoms with Gasteiger partial charge in [-0.05, 0) is 42.0 Å². The lowest BCUT2D eigenvalue weighted by atomic mass is 9.96. The number of rotatable bonds is 7. The number of hydrogen-bond acceptors (Lipinski definition) is 9. The number of thiazole rings is 1. The van der Waals surface area contributed by atoms with E-state index in [1.807, 2.05) is 18.2 Å². The molecule has 3 heterocycles. The largest absolute Gasteiger partial charge is 0.413 e. The molecule has 13 heteroatoms. The van der Waals surface area contributed by atoms with Crippen LogP contribution in [-0.4, -0.2) is 37.7 Å². The predicted molar refractivity (Wildman–Crippen MR) is 157 cm³/mol. The number of nitrogens with zero attached hydrogens (tertiary/aromatic N) is 7. The molecule has 218 valence electrons. The zero-order valence-electron chi connectivity index (χ0n) is 23.5. The van der Waals surface area contributed by atoms with E-state index in [-0.39, 0.29) is 29.5 Å². The monoisotopic (exact) mass is 601 g/mol. The van der Waals surface area contributed by atoms with Crippen LogP contribution in [0.2, 0.25) is 0 Å². The van der Waals surface area contributed by atoms with E-state index in [1.54, 1.807) is 17.6 Å². The van der Waals surface area contributed by atoms with Crippen LogP contribution in [0.3, 0.4) is 0 Å². The number of fused-ring (bicyclic) bond motifs is 2. The first kappa shape index (κ1) is 28.4. The third-order valence-electron chi connectivity index (χ3n) is 7.51. The molecule has 1 saturated carbocycles. The van der Waals surface area contributed by atoms with E-state index < -0.39 is 17.8 Å². The molecule has 2 N–H and O–H groups in total. The van der Waals surface area contributed by atoms with Crippen LogP contribution in [0.25, 0.3) is 21.1 Å². The van der Waals surface area contributed by atoms with Gasteiger partial charge in [0.2, 0.25) is 0 Å². The summed E-state index contributed by atoms with van der Waals surface area (Å²) in [5.74, 6) is 0. The van der Waals surface area contributed by atoms with E-state index in [9.17, 15) is 23.7 Å². The number of aromatic nitrogens is 5. The summed E-state index contributed by atoms with van der Waals surface area (Å²) in [6, 6.07) is 12.6. The van der Waals surface area contributed by atoms with Gasteiger partial charge in [-0.2, -0.15) is 23.7 Å². The molecule has 1 aliphatic carbocycles. The Labute approximate surface area is 249 Å². The quantitative estimate of drug-likeness (QED) is 0.206. The summed E-state index contributed by atoms with van der Waals surface area (Å²) in [4.78, 5) is 8.81. The van der Waals surface area contributed by atoms with Crippen LogP contribution in [0.15, 0.2) is 48.2 Å². The van der Waals surface area contributed by atoms with Gasteiger partial charge in [-0.3, -0.25) is 4.98 Å². The molecule has 0 saturated heterocycles. The van der Waals surface area contributed by atoms with Crippen LogP contribution >= 0.6 is 11.3 Å². The Hall–Kier alpha value is -4.75. The Kier molecular flexibility index (Phi) is 6.74. The van der Waals surface area contributed by atoms with Crippen molar-refractivity contribution in [3.8, 4) is 12.1 Å². The number of hydrogen-bond donors (Lipinski definition) is 2. The summed E-state index contributed by atoms with van der Waals surface area (Å²) in [6.45, 7) is 6.74. The molecule has 0 unspecified atom stereocenters.